The zero-order valence-corrected chi connectivity index (χ0v) is 8.78. The molecule has 0 heterocycles. The van der Waals surface area contributed by atoms with Crippen LogP contribution >= 0.6 is 23.2 Å². The third-order valence-electron chi connectivity index (χ3n) is 2.12. The first kappa shape index (κ1) is 9.88. The van der Waals surface area contributed by atoms with Gasteiger partial charge in [-0.25, -0.2) is 0 Å². The molecule has 0 amide bonds. The van der Waals surface area contributed by atoms with Crippen molar-refractivity contribution in [3.05, 3.63) is 33.8 Å². The molecule has 0 aliphatic rings. The maximum atomic E-state index is 6.03. The van der Waals surface area contributed by atoms with Crippen molar-refractivity contribution in [2.24, 2.45) is 0 Å². The van der Waals surface area contributed by atoms with Gasteiger partial charge >= 0.3 is 0 Å². The first-order valence-corrected chi connectivity index (χ1v) is 4.86. The van der Waals surface area contributed by atoms with Gasteiger partial charge in [0.2, 0.25) is 0 Å². The third-order valence-corrected chi connectivity index (χ3v) is 2.96. The minimum absolute atomic E-state index is 0.483. The topological polar surface area (TPSA) is 0 Å². The highest BCUT2D eigenvalue weighted by Crippen LogP contribution is 2.31. The van der Waals surface area contributed by atoms with Crippen LogP contribution in [0.1, 0.15) is 31.7 Å². The van der Waals surface area contributed by atoms with Crippen LogP contribution in [-0.2, 0) is 0 Å². The summed E-state index contributed by atoms with van der Waals surface area (Å²) in [5, 5.41) is 1.35. The van der Waals surface area contributed by atoms with Gasteiger partial charge in [0.05, 0.1) is 10.0 Å². The molecule has 0 saturated heterocycles. The SMILES string of the molecule is CCC(C)c1cccc(Cl)c1Cl. The summed E-state index contributed by atoms with van der Waals surface area (Å²) in [4.78, 5) is 0. The van der Waals surface area contributed by atoms with Gasteiger partial charge in [0.1, 0.15) is 0 Å². The zero-order chi connectivity index (χ0) is 9.14. The second kappa shape index (κ2) is 4.15. The van der Waals surface area contributed by atoms with Crippen molar-refractivity contribution in [2.75, 3.05) is 0 Å². The fourth-order valence-corrected chi connectivity index (χ4v) is 1.62. The van der Waals surface area contributed by atoms with Crippen LogP contribution < -0.4 is 0 Å². The molecular formula is C10H12Cl2. The van der Waals surface area contributed by atoms with Gasteiger partial charge < -0.3 is 0 Å². The smallest absolute Gasteiger partial charge is 0.0626 e. The molecule has 0 spiro atoms. The molecule has 1 unspecified atom stereocenters. The first-order chi connectivity index (χ1) is 5.66. The Bertz CT molecular complexity index is 269. The lowest BCUT2D eigenvalue weighted by molar-refractivity contribution is 0.734. The zero-order valence-electron chi connectivity index (χ0n) is 7.27. The quantitative estimate of drug-likeness (QED) is 0.663. The summed E-state index contributed by atoms with van der Waals surface area (Å²) in [5.74, 6) is 0.483. The second-order valence-corrected chi connectivity index (χ2v) is 3.74. The summed E-state index contributed by atoms with van der Waals surface area (Å²) in [5.41, 5.74) is 1.15. The molecule has 0 radical (unpaired) electrons. The van der Waals surface area contributed by atoms with Crippen LogP contribution in [0, 0.1) is 0 Å². The molecular weight excluding hydrogens is 191 g/mol. The molecule has 1 atom stereocenters. The average Bonchev–Trinajstić information content (AvgIpc) is 2.08. The van der Waals surface area contributed by atoms with Gasteiger partial charge in [0.15, 0.2) is 0 Å². The van der Waals surface area contributed by atoms with Crippen LogP contribution in [0.25, 0.3) is 0 Å². The van der Waals surface area contributed by atoms with E-state index in [9.17, 15) is 0 Å². The summed E-state index contributed by atoms with van der Waals surface area (Å²) in [7, 11) is 0. The Morgan fingerprint density at radius 1 is 1.33 bits per heavy atom. The molecule has 0 aliphatic carbocycles. The predicted molar refractivity (Wildman–Crippen MR) is 55.2 cm³/mol. The van der Waals surface area contributed by atoms with Gasteiger partial charge in [0, 0.05) is 0 Å². The Balaban J connectivity index is 3.07. The van der Waals surface area contributed by atoms with Gasteiger partial charge in [-0.15, -0.1) is 0 Å². The van der Waals surface area contributed by atoms with Gasteiger partial charge in [-0.3, -0.25) is 0 Å². The fraction of sp³-hybridized carbons (Fsp3) is 0.400. The summed E-state index contributed by atoms with van der Waals surface area (Å²) in [6.07, 6.45) is 1.08. The minimum atomic E-state index is 0.483. The van der Waals surface area contributed by atoms with Gasteiger partial charge in [-0.1, -0.05) is 49.2 Å². The molecule has 0 aliphatic heterocycles. The highest BCUT2D eigenvalue weighted by Gasteiger charge is 2.09. The lowest BCUT2D eigenvalue weighted by Crippen LogP contribution is -1.92. The maximum absolute atomic E-state index is 6.03. The molecule has 0 N–H and O–H groups in total. The summed E-state index contributed by atoms with van der Waals surface area (Å²) in [6.45, 7) is 4.29. The van der Waals surface area contributed by atoms with Gasteiger partial charge in [-0.2, -0.15) is 0 Å². The van der Waals surface area contributed by atoms with Crippen molar-refractivity contribution in [2.45, 2.75) is 26.2 Å². The molecule has 0 saturated carbocycles. The van der Waals surface area contributed by atoms with Gasteiger partial charge in [-0.05, 0) is 24.0 Å². The molecule has 1 aromatic carbocycles. The van der Waals surface area contributed by atoms with E-state index in [1.165, 1.54) is 0 Å². The van der Waals surface area contributed by atoms with E-state index in [0.717, 1.165) is 12.0 Å². The lowest BCUT2D eigenvalue weighted by Gasteiger charge is -2.11. The van der Waals surface area contributed by atoms with E-state index in [2.05, 4.69) is 13.8 Å². The summed E-state index contributed by atoms with van der Waals surface area (Å²) < 4.78 is 0. The van der Waals surface area contributed by atoms with Crippen molar-refractivity contribution in [3.63, 3.8) is 0 Å². The highest BCUT2D eigenvalue weighted by molar-refractivity contribution is 6.42. The molecule has 2 heteroatoms. The largest absolute Gasteiger partial charge is 0.0827 e. The van der Waals surface area contributed by atoms with Crippen LogP contribution in [-0.4, -0.2) is 0 Å². The Hall–Kier alpha value is -0.200. The van der Waals surface area contributed by atoms with E-state index in [-0.39, 0.29) is 0 Å². The van der Waals surface area contributed by atoms with Crippen LogP contribution in [0.5, 0.6) is 0 Å². The fourth-order valence-electron chi connectivity index (χ4n) is 1.12. The molecule has 1 rings (SSSR count). The lowest BCUT2D eigenvalue weighted by atomic mass is 9.99. The summed E-state index contributed by atoms with van der Waals surface area (Å²) in [6, 6.07) is 5.79. The molecule has 0 fully saturated rings. The van der Waals surface area contributed by atoms with Crippen molar-refractivity contribution in [3.8, 4) is 0 Å². The molecule has 0 bridgehead atoms. The Morgan fingerprint density at radius 3 is 2.58 bits per heavy atom. The monoisotopic (exact) mass is 202 g/mol. The average molecular weight is 203 g/mol. The number of benzene rings is 1. The van der Waals surface area contributed by atoms with E-state index in [0.29, 0.717) is 16.0 Å². The van der Waals surface area contributed by atoms with E-state index in [1.54, 1.807) is 0 Å². The molecule has 1 aromatic rings. The highest BCUT2D eigenvalue weighted by atomic mass is 35.5. The molecule has 0 aromatic heterocycles. The predicted octanol–water partition coefficient (Wildman–Crippen LogP) is 4.51. The van der Waals surface area contributed by atoms with Crippen molar-refractivity contribution < 1.29 is 0 Å². The number of rotatable bonds is 2. The van der Waals surface area contributed by atoms with E-state index in [4.69, 9.17) is 23.2 Å². The van der Waals surface area contributed by atoms with Crippen LogP contribution in [0.15, 0.2) is 18.2 Å². The number of hydrogen-bond acceptors (Lipinski definition) is 0. The first-order valence-electron chi connectivity index (χ1n) is 4.10. The number of hydrogen-bond donors (Lipinski definition) is 0. The van der Waals surface area contributed by atoms with Crippen molar-refractivity contribution in [1.82, 2.24) is 0 Å². The molecule has 0 nitrogen and oxygen atoms in total. The van der Waals surface area contributed by atoms with Crippen LogP contribution in [0.4, 0.5) is 0 Å². The Kier molecular flexibility index (Phi) is 3.42. The van der Waals surface area contributed by atoms with E-state index >= 15 is 0 Å². The maximum Gasteiger partial charge on any atom is 0.0626 e. The number of halogens is 2. The Morgan fingerprint density at radius 2 is 2.00 bits per heavy atom. The third kappa shape index (κ3) is 1.94. The standard InChI is InChI=1S/C10H12Cl2/c1-3-7(2)8-5-4-6-9(11)10(8)12/h4-7H,3H2,1-2H3. The molecule has 12 heavy (non-hydrogen) atoms. The summed E-state index contributed by atoms with van der Waals surface area (Å²) >= 11 is 11.9. The Labute approximate surface area is 83.5 Å². The van der Waals surface area contributed by atoms with E-state index in [1.807, 2.05) is 18.2 Å². The normalized spacial score (nSPS) is 13.0. The van der Waals surface area contributed by atoms with Gasteiger partial charge in [0.25, 0.3) is 0 Å². The molecule has 66 valence electrons. The van der Waals surface area contributed by atoms with Crippen LogP contribution in [0.3, 0.4) is 0 Å². The van der Waals surface area contributed by atoms with E-state index < -0.39 is 0 Å². The second-order valence-electron chi connectivity index (χ2n) is 2.95. The van der Waals surface area contributed by atoms with Crippen molar-refractivity contribution in [1.29, 1.82) is 0 Å². The van der Waals surface area contributed by atoms with Crippen LogP contribution in [0.2, 0.25) is 10.0 Å². The van der Waals surface area contributed by atoms with Crippen molar-refractivity contribution >= 4 is 23.2 Å². The minimum Gasteiger partial charge on any atom is -0.0827 e.